The number of aliphatic hydroxyl groups is 1. The van der Waals surface area contributed by atoms with Crippen LogP contribution in [0.5, 0.6) is 0 Å². The summed E-state index contributed by atoms with van der Waals surface area (Å²) in [5, 5.41) is 10.1. The van der Waals surface area contributed by atoms with E-state index < -0.39 is 6.10 Å². The Morgan fingerprint density at radius 3 is 2.73 bits per heavy atom. The minimum atomic E-state index is -0.548. The highest BCUT2D eigenvalue weighted by Crippen LogP contribution is 2.29. The fourth-order valence-electron chi connectivity index (χ4n) is 1.85. The Balaban J connectivity index is 2.25. The molecule has 80 valence electrons. The van der Waals surface area contributed by atoms with Gasteiger partial charge in [0.1, 0.15) is 12.2 Å². The average Bonchev–Trinajstić information content (AvgIpc) is 2.22. The summed E-state index contributed by atoms with van der Waals surface area (Å²) in [7, 11) is 0. The molecule has 0 fully saturated rings. The molecule has 0 saturated carbocycles. The van der Waals surface area contributed by atoms with Crippen molar-refractivity contribution in [3.63, 3.8) is 0 Å². The van der Waals surface area contributed by atoms with Crippen LogP contribution in [0.2, 0.25) is 0 Å². The van der Waals surface area contributed by atoms with E-state index in [0.717, 1.165) is 11.1 Å². The van der Waals surface area contributed by atoms with E-state index in [0.29, 0.717) is 0 Å². The van der Waals surface area contributed by atoms with Crippen LogP contribution in [0.1, 0.15) is 31.1 Å². The number of hydrogen-bond acceptors (Lipinski definition) is 2. The Labute approximate surface area is 90.2 Å². The van der Waals surface area contributed by atoms with Gasteiger partial charge in [-0.1, -0.05) is 36.4 Å². The first-order valence-electron chi connectivity index (χ1n) is 5.29. The van der Waals surface area contributed by atoms with E-state index in [2.05, 4.69) is 0 Å². The Morgan fingerprint density at radius 2 is 2.00 bits per heavy atom. The molecule has 1 aromatic carbocycles. The van der Waals surface area contributed by atoms with Crippen LogP contribution in [0.15, 0.2) is 30.3 Å². The zero-order valence-electron chi connectivity index (χ0n) is 9.05. The van der Waals surface area contributed by atoms with Crippen molar-refractivity contribution < 1.29 is 9.84 Å². The molecule has 2 atom stereocenters. The molecule has 0 amide bonds. The highest BCUT2D eigenvalue weighted by atomic mass is 16.5. The molecule has 0 aliphatic heterocycles. The van der Waals surface area contributed by atoms with Gasteiger partial charge in [0.25, 0.3) is 0 Å². The Hall–Kier alpha value is -1.12. The third-order valence-electron chi connectivity index (χ3n) is 2.52. The largest absolute Gasteiger partial charge is 0.385 e. The minimum absolute atomic E-state index is 0.125. The fourth-order valence-corrected chi connectivity index (χ4v) is 1.85. The standard InChI is InChI=1S/C13H16O2/c1-9(2)15-12-8-7-10-5-3-4-6-11(10)13(12)14/h3-9,12-14H,1-2H3/t12-,13-/m1/s1. The lowest BCUT2D eigenvalue weighted by Gasteiger charge is -2.27. The van der Waals surface area contributed by atoms with Gasteiger partial charge in [-0.25, -0.2) is 0 Å². The molecular formula is C13H16O2. The molecule has 2 heteroatoms. The lowest BCUT2D eigenvalue weighted by Crippen LogP contribution is -2.25. The molecule has 0 bridgehead atoms. The van der Waals surface area contributed by atoms with Crippen molar-refractivity contribution in [1.82, 2.24) is 0 Å². The molecule has 0 saturated heterocycles. The number of aliphatic hydroxyl groups excluding tert-OH is 1. The van der Waals surface area contributed by atoms with Crippen LogP contribution in [0.4, 0.5) is 0 Å². The summed E-state index contributed by atoms with van der Waals surface area (Å²) in [5.41, 5.74) is 2.03. The van der Waals surface area contributed by atoms with Gasteiger partial charge in [-0.2, -0.15) is 0 Å². The first kappa shape index (κ1) is 10.4. The fraction of sp³-hybridized carbons (Fsp3) is 0.385. The second kappa shape index (κ2) is 4.17. The molecule has 0 spiro atoms. The number of benzene rings is 1. The van der Waals surface area contributed by atoms with Crippen LogP contribution < -0.4 is 0 Å². The van der Waals surface area contributed by atoms with Gasteiger partial charge < -0.3 is 9.84 Å². The van der Waals surface area contributed by atoms with Crippen molar-refractivity contribution in [3.8, 4) is 0 Å². The lowest BCUT2D eigenvalue weighted by atomic mass is 9.93. The molecule has 1 aliphatic rings. The molecule has 15 heavy (non-hydrogen) atoms. The van der Waals surface area contributed by atoms with Crippen molar-refractivity contribution in [1.29, 1.82) is 0 Å². The molecule has 0 unspecified atom stereocenters. The highest BCUT2D eigenvalue weighted by molar-refractivity contribution is 5.58. The molecule has 2 nitrogen and oxygen atoms in total. The predicted molar refractivity (Wildman–Crippen MR) is 60.4 cm³/mol. The second-order valence-electron chi connectivity index (χ2n) is 4.08. The number of hydrogen-bond donors (Lipinski definition) is 1. The molecule has 2 rings (SSSR count). The van der Waals surface area contributed by atoms with Gasteiger partial charge in [0.2, 0.25) is 0 Å². The molecule has 1 aromatic rings. The molecule has 0 radical (unpaired) electrons. The lowest BCUT2D eigenvalue weighted by molar-refractivity contribution is -0.0410. The highest BCUT2D eigenvalue weighted by Gasteiger charge is 2.24. The topological polar surface area (TPSA) is 29.5 Å². The second-order valence-corrected chi connectivity index (χ2v) is 4.08. The number of ether oxygens (including phenoxy) is 1. The van der Waals surface area contributed by atoms with E-state index in [1.807, 2.05) is 50.3 Å². The average molecular weight is 204 g/mol. The van der Waals surface area contributed by atoms with E-state index in [4.69, 9.17) is 4.74 Å². The minimum Gasteiger partial charge on any atom is -0.385 e. The van der Waals surface area contributed by atoms with Crippen molar-refractivity contribution >= 4 is 6.08 Å². The Bertz CT molecular complexity index is 369. The summed E-state index contributed by atoms with van der Waals surface area (Å²) in [4.78, 5) is 0. The SMILES string of the molecule is CC(C)O[C@@H]1C=Cc2ccccc2[C@H]1O. The van der Waals surface area contributed by atoms with Gasteiger partial charge in [0, 0.05) is 0 Å². The van der Waals surface area contributed by atoms with Crippen LogP contribution in [0.25, 0.3) is 6.08 Å². The van der Waals surface area contributed by atoms with Crippen LogP contribution in [-0.4, -0.2) is 17.3 Å². The van der Waals surface area contributed by atoms with Crippen molar-refractivity contribution in [3.05, 3.63) is 41.5 Å². The molecule has 1 aliphatic carbocycles. The summed E-state index contributed by atoms with van der Waals surface area (Å²) in [5.74, 6) is 0. The molecule has 1 N–H and O–H groups in total. The summed E-state index contributed by atoms with van der Waals surface area (Å²) in [6.07, 6.45) is 3.29. The van der Waals surface area contributed by atoms with Crippen LogP contribution in [-0.2, 0) is 4.74 Å². The van der Waals surface area contributed by atoms with Crippen molar-refractivity contribution in [2.24, 2.45) is 0 Å². The van der Waals surface area contributed by atoms with E-state index in [1.165, 1.54) is 0 Å². The van der Waals surface area contributed by atoms with Gasteiger partial charge in [-0.3, -0.25) is 0 Å². The zero-order chi connectivity index (χ0) is 10.8. The monoisotopic (exact) mass is 204 g/mol. The van der Waals surface area contributed by atoms with Gasteiger partial charge in [-0.05, 0) is 25.0 Å². The maximum Gasteiger partial charge on any atom is 0.109 e. The Kier molecular flexibility index (Phi) is 2.89. The zero-order valence-corrected chi connectivity index (χ0v) is 9.05. The van der Waals surface area contributed by atoms with Gasteiger partial charge in [0.15, 0.2) is 0 Å². The van der Waals surface area contributed by atoms with E-state index in [1.54, 1.807) is 0 Å². The first-order chi connectivity index (χ1) is 7.18. The first-order valence-corrected chi connectivity index (χ1v) is 5.29. The maximum atomic E-state index is 10.1. The maximum absolute atomic E-state index is 10.1. The summed E-state index contributed by atoms with van der Waals surface area (Å²) >= 11 is 0. The van der Waals surface area contributed by atoms with Gasteiger partial charge in [0.05, 0.1) is 6.10 Å². The number of fused-ring (bicyclic) bond motifs is 1. The third kappa shape index (κ3) is 2.11. The molecular weight excluding hydrogens is 188 g/mol. The van der Waals surface area contributed by atoms with Crippen molar-refractivity contribution in [2.45, 2.75) is 32.2 Å². The van der Waals surface area contributed by atoms with E-state index in [-0.39, 0.29) is 12.2 Å². The van der Waals surface area contributed by atoms with Crippen LogP contribution >= 0.6 is 0 Å². The predicted octanol–water partition coefficient (Wildman–Crippen LogP) is 2.54. The van der Waals surface area contributed by atoms with Gasteiger partial charge >= 0.3 is 0 Å². The molecule has 0 heterocycles. The molecule has 0 aromatic heterocycles. The third-order valence-corrected chi connectivity index (χ3v) is 2.52. The normalized spacial score (nSPS) is 24.3. The summed E-state index contributed by atoms with van der Waals surface area (Å²) in [6, 6.07) is 7.86. The van der Waals surface area contributed by atoms with Crippen LogP contribution in [0.3, 0.4) is 0 Å². The van der Waals surface area contributed by atoms with Crippen LogP contribution in [0, 0.1) is 0 Å². The van der Waals surface area contributed by atoms with Gasteiger partial charge in [-0.15, -0.1) is 0 Å². The summed E-state index contributed by atoms with van der Waals surface area (Å²) in [6.45, 7) is 3.95. The smallest absolute Gasteiger partial charge is 0.109 e. The Morgan fingerprint density at radius 1 is 1.27 bits per heavy atom. The number of rotatable bonds is 2. The quantitative estimate of drug-likeness (QED) is 0.802. The van der Waals surface area contributed by atoms with E-state index in [9.17, 15) is 5.11 Å². The van der Waals surface area contributed by atoms with E-state index >= 15 is 0 Å². The summed E-state index contributed by atoms with van der Waals surface area (Å²) < 4.78 is 5.62. The van der Waals surface area contributed by atoms with Crippen molar-refractivity contribution in [2.75, 3.05) is 0 Å².